The molecule has 0 fully saturated rings. The first-order chi connectivity index (χ1) is 51.7. The van der Waals surface area contributed by atoms with Crippen LogP contribution in [0.1, 0.15) is 233 Å². The van der Waals surface area contributed by atoms with E-state index >= 15 is 0 Å². The predicted octanol–water partition coefficient (Wildman–Crippen LogP) is 22.7. The molecule has 0 saturated carbocycles. The van der Waals surface area contributed by atoms with Gasteiger partial charge in [0.05, 0.1) is 32.8 Å². The molecular formula is C87H132O17P2. The smallest absolute Gasteiger partial charge is 0.462 e. The Labute approximate surface area is 638 Å². The maximum absolute atomic E-state index is 13.1. The Kier molecular flexibility index (Phi) is 71.4. The lowest BCUT2D eigenvalue weighted by molar-refractivity contribution is -0.161. The first-order valence-electron chi connectivity index (χ1n) is 38.6. The van der Waals surface area contributed by atoms with E-state index in [1.165, 1.54) is 0 Å². The Morgan fingerprint density at radius 3 is 0.868 bits per heavy atom. The largest absolute Gasteiger partial charge is 0.472 e. The molecule has 0 aliphatic heterocycles. The number of esters is 4. The zero-order chi connectivity index (χ0) is 77.4. The van der Waals surface area contributed by atoms with Gasteiger partial charge in [-0.2, -0.15) is 0 Å². The Bertz CT molecular complexity index is 2930. The number of unbranched alkanes of at least 4 members (excludes halogenated alkanes) is 6. The maximum Gasteiger partial charge on any atom is 0.472 e. The van der Waals surface area contributed by atoms with Crippen molar-refractivity contribution in [3.8, 4) is 0 Å². The average molecular weight is 1510 g/mol. The van der Waals surface area contributed by atoms with E-state index in [0.717, 1.165) is 141 Å². The number of hydrogen-bond acceptors (Lipinski definition) is 15. The molecule has 5 atom stereocenters. The van der Waals surface area contributed by atoms with Gasteiger partial charge in [-0.15, -0.1) is 0 Å². The van der Waals surface area contributed by atoms with Crippen LogP contribution < -0.4 is 0 Å². The quantitative estimate of drug-likeness (QED) is 0.0169. The lowest BCUT2D eigenvalue weighted by Crippen LogP contribution is -2.30. The molecule has 0 spiro atoms. The summed E-state index contributed by atoms with van der Waals surface area (Å²) in [4.78, 5) is 72.9. The van der Waals surface area contributed by atoms with E-state index in [1.807, 2.05) is 48.6 Å². The van der Waals surface area contributed by atoms with Crippen molar-refractivity contribution in [2.24, 2.45) is 0 Å². The summed E-state index contributed by atoms with van der Waals surface area (Å²) in [6, 6.07) is 0. The molecule has 0 heterocycles. The summed E-state index contributed by atoms with van der Waals surface area (Å²) in [5, 5.41) is 10.6. The third-order valence-corrected chi connectivity index (χ3v) is 16.6. The lowest BCUT2D eigenvalue weighted by Gasteiger charge is -2.21. The monoisotopic (exact) mass is 1510 g/mol. The molecule has 0 saturated heterocycles. The molecule has 0 aromatic rings. The number of allylic oxidation sites excluding steroid dienone is 37. The highest BCUT2D eigenvalue weighted by molar-refractivity contribution is 7.47. The van der Waals surface area contributed by atoms with Crippen LogP contribution in [-0.2, 0) is 65.4 Å². The third-order valence-electron chi connectivity index (χ3n) is 14.7. The average Bonchev–Trinajstić information content (AvgIpc) is 0.902. The van der Waals surface area contributed by atoms with Crippen molar-refractivity contribution in [1.29, 1.82) is 0 Å². The van der Waals surface area contributed by atoms with Crippen molar-refractivity contribution in [2.45, 2.75) is 251 Å². The van der Waals surface area contributed by atoms with Crippen molar-refractivity contribution in [3.63, 3.8) is 0 Å². The predicted molar refractivity (Wildman–Crippen MR) is 435 cm³/mol. The zero-order valence-corrected chi connectivity index (χ0v) is 66.3. The van der Waals surface area contributed by atoms with Crippen LogP contribution in [0.2, 0.25) is 0 Å². The SMILES string of the molecule is CC/C=C\C/C=C\C/C=C\C/C=C\C/C=C\C/C=C\CCC(=O)OCC(COP(=O)(O)OCC(O)COP(=O)(O)OCC(COC(=O)C/C=C\C/C=C\C/C=C\C/C=C\C/C=C\CC)OC(=O)CCCCCCC/C=C\C/C=C\C/C=C\CC)OC(=O)CCC/C=C\C/C=C\C/C=C\C/C=C\C/C=C\CC. The highest BCUT2D eigenvalue weighted by atomic mass is 31.2. The minimum Gasteiger partial charge on any atom is -0.462 e. The summed E-state index contributed by atoms with van der Waals surface area (Å²) in [6.45, 7) is 4.07. The minimum absolute atomic E-state index is 0.0110. The van der Waals surface area contributed by atoms with Gasteiger partial charge in [-0.25, -0.2) is 9.13 Å². The maximum atomic E-state index is 13.1. The number of aliphatic hydroxyl groups excluding tert-OH is 1. The van der Waals surface area contributed by atoms with E-state index in [9.17, 15) is 43.2 Å². The van der Waals surface area contributed by atoms with Gasteiger partial charge in [0.1, 0.15) is 19.3 Å². The van der Waals surface area contributed by atoms with Crippen LogP contribution >= 0.6 is 15.6 Å². The fourth-order valence-electron chi connectivity index (χ4n) is 8.95. The van der Waals surface area contributed by atoms with Crippen LogP contribution in [0.25, 0.3) is 0 Å². The van der Waals surface area contributed by atoms with Crippen LogP contribution in [-0.4, -0.2) is 96.7 Å². The van der Waals surface area contributed by atoms with Gasteiger partial charge < -0.3 is 33.8 Å². The number of phosphoric acid groups is 2. The van der Waals surface area contributed by atoms with E-state index in [4.69, 9.17) is 37.0 Å². The number of aliphatic hydroxyl groups is 1. The fourth-order valence-corrected chi connectivity index (χ4v) is 10.5. The van der Waals surface area contributed by atoms with Crippen LogP contribution in [0.5, 0.6) is 0 Å². The van der Waals surface area contributed by atoms with Gasteiger partial charge in [-0.1, -0.05) is 278 Å². The first-order valence-corrected chi connectivity index (χ1v) is 41.6. The number of hydrogen-bond donors (Lipinski definition) is 3. The summed E-state index contributed by atoms with van der Waals surface area (Å²) in [5.74, 6) is -2.55. The van der Waals surface area contributed by atoms with Crippen molar-refractivity contribution in [3.05, 3.63) is 231 Å². The molecule has 5 unspecified atom stereocenters. The van der Waals surface area contributed by atoms with Crippen LogP contribution in [0.3, 0.4) is 0 Å². The van der Waals surface area contributed by atoms with Gasteiger partial charge in [-0.05, 0) is 161 Å². The van der Waals surface area contributed by atoms with E-state index in [1.54, 1.807) is 6.08 Å². The molecule has 3 N–H and O–H groups in total. The van der Waals surface area contributed by atoms with Crippen molar-refractivity contribution in [2.75, 3.05) is 39.6 Å². The van der Waals surface area contributed by atoms with Gasteiger partial charge in [0, 0.05) is 19.3 Å². The molecule has 19 heteroatoms. The van der Waals surface area contributed by atoms with Crippen LogP contribution in [0.15, 0.2) is 231 Å². The van der Waals surface area contributed by atoms with Gasteiger partial charge in [0.15, 0.2) is 12.2 Å². The number of phosphoric ester groups is 2. The minimum atomic E-state index is -5.03. The molecule has 0 aromatic heterocycles. The van der Waals surface area contributed by atoms with Gasteiger partial charge in [0.25, 0.3) is 0 Å². The van der Waals surface area contributed by atoms with Crippen molar-refractivity contribution in [1.82, 2.24) is 0 Å². The Morgan fingerprint density at radius 2 is 0.528 bits per heavy atom. The molecule has 0 rings (SSSR count). The van der Waals surface area contributed by atoms with E-state index in [0.29, 0.717) is 38.5 Å². The molecule has 0 aliphatic carbocycles. The highest BCUT2D eigenvalue weighted by Gasteiger charge is 2.30. The second kappa shape index (κ2) is 76.3. The van der Waals surface area contributed by atoms with Gasteiger partial charge in [0.2, 0.25) is 0 Å². The Morgan fingerprint density at radius 1 is 0.274 bits per heavy atom. The number of carbonyl (C=O) groups excluding carboxylic acids is 4. The number of carbonyl (C=O) groups is 4. The van der Waals surface area contributed by atoms with Crippen LogP contribution in [0, 0.1) is 0 Å². The zero-order valence-electron chi connectivity index (χ0n) is 64.5. The summed E-state index contributed by atoms with van der Waals surface area (Å²) in [5.41, 5.74) is 0. The summed E-state index contributed by atoms with van der Waals surface area (Å²) >= 11 is 0. The molecule has 0 aromatic carbocycles. The molecule has 592 valence electrons. The van der Waals surface area contributed by atoms with E-state index in [2.05, 4.69) is 204 Å². The molecule has 0 radical (unpaired) electrons. The second-order valence-corrected chi connectivity index (χ2v) is 27.3. The lowest BCUT2D eigenvalue weighted by atomic mass is 10.1. The molecule has 0 bridgehead atoms. The first kappa shape index (κ1) is 99.1. The van der Waals surface area contributed by atoms with E-state index in [-0.39, 0.29) is 25.7 Å². The molecule has 17 nitrogen and oxygen atoms in total. The standard InChI is InChI=1S/C87H132O17P2/c1-5-9-13-17-21-25-29-33-37-39-40-42-45-48-52-56-60-64-68-72-85(90)98-78-83(104-87(92)74-70-66-62-58-54-50-46-41-38-34-30-26-22-18-14-10-6-2)80-102-106(95,96)100-76-81(88)75-99-105(93,94)101-79-82(103-86(91)73-69-65-61-57-53-49-44-36-32-28-24-20-16-12-8-4)77-97-84(89)71-67-63-59-55-51-47-43-35-31-27-23-19-15-11-7-3/h9-16,21-28,33-38,40,42-44,46,48,50-52,55,58,60,62-64,67,81-83,88H,5-8,17-20,29-32,39,41,45,47,49,53-54,56-57,59,61,65-66,68-80H2,1-4H3,(H,93,94)(H,95,96)/b13-9-,14-10-,15-11-,16-12-,25-21-,26-22-,27-23-,28-24-,37-33-,38-34-,42-40-,43-35-,44-36-,50-46-,52-48-,55-51-,62-58-,64-60-,67-63-. The molecule has 0 amide bonds. The Hall–Kier alpha value is -6.88. The second-order valence-electron chi connectivity index (χ2n) is 24.4. The molecule has 0 aliphatic rings. The number of ether oxygens (including phenoxy) is 4. The van der Waals surface area contributed by atoms with Gasteiger partial charge in [-0.3, -0.25) is 37.3 Å². The van der Waals surface area contributed by atoms with Gasteiger partial charge >= 0.3 is 39.5 Å². The third kappa shape index (κ3) is 75.4. The Balaban J connectivity index is 5.60. The topological polar surface area (TPSA) is 237 Å². The van der Waals surface area contributed by atoms with Crippen LogP contribution in [0.4, 0.5) is 0 Å². The summed E-state index contributed by atoms with van der Waals surface area (Å²) < 4.78 is 68.2. The molecular weight excluding hydrogens is 1380 g/mol. The van der Waals surface area contributed by atoms with Crippen molar-refractivity contribution >= 4 is 39.5 Å². The summed E-state index contributed by atoms with van der Waals surface area (Å²) in [7, 11) is -10.1. The number of rotatable bonds is 69. The fraction of sp³-hybridized carbons (Fsp3) is 0.517. The normalized spacial score (nSPS) is 15.1. The van der Waals surface area contributed by atoms with Crippen molar-refractivity contribution < 1.29 is 80.2 Å². The van der Waals surface area contributed by atoms with E-state index < -0.39 is 97.5 Å². The summed E-state index contributed by atoms with van der Waals surface area (Å²) in [6.07, 6.45) is 98.1. The molecule has 106 heavy (non-hydrogen) atoms. The highest BCUT2D eigenvalue weighted by Crippen LogP contribution is 2.45.